The second kappa shape index (κ2) is 3.84. The monoisotopic (exact) mass is 304 g/mol. The third-order valence-corrected chi connectivity index (χ3v) is 7.07. The Morgan fingerprint density at radius 1 is 1.23 bits per heavy atom. The Morgan fingerprint density at radius 2 is 1.91 bits per heavy atom. The molecule has 0 aromatic heterocycles. The standard InChI is InChI=1S/C18H24O4/c1-6-11-16(2,3)15(20)9-8-17(11,4)14-13-10(7-12(19)21-13)22-18(9,14)5/h6,9-11,13-14H,1,7-8H2,2-5H3/t9?,10-,11?,13+,14?,17?,18?/m1/s1. The van der Waals surface area contributed by atoms with E-state index in [1.807, 2.05) is 19.9 Å². The lowest BCUT2D eigenvalue weighted by Crippen LogP contribution is -2.50. The van der Waals surface area contributed by atoms with E-state index in [1.54, 1.807) is 0 Å². The molecule has 2 aliphatic heterocycles. The van der Waals surface area contributed by atoms with Gasteiger partial charge in [-0.15, -0.1) is 6.58 Å². The van der Waals surface area contributed by atoms with E-state index in [-0.39, 0.29) is 47.1 Å². The zero-order chi connectivity index (χ0) is 16.1. The summed E-state index contributed by atoms with van der Waals surface area (Å²) in [5.74, 6) is 0.111. The van der Waals surface area contributed by atoms with Crippen LogP contribution in [0, 0.1) is 28.6 Å². The van der Waals surface area contributed by atoms with Gasteiger partial charge in [-0.3, -0.25) is 9.59 Å². The second-order valence-electron chi connectivity index (χ2n) is 8.54. The lowest BCUT2D eigenvalue weighted by atomic mass is 9.54. The molecule has 22 heavy (non-hydrogen) atoms. The van der Waals surface area contributed by atoms with Crippen LogP contribution in [0.15, 0.2) is 12.7 Å². The molecule has 0 aromatic carbocycles. The molecule has 2 saturated heterocycles. The third-order valence-electron chi connectivity index (χ3n) is 7.07. The molecular weight excluding hydrogens is 280 g/mol. The molecule has 4 nitrogen and oxygen atoms in total. The van der Waals surface area contributed by atoms with E-state index in [0.29, 0.717) is 6.42 Å². The van der Waals surface area contributed by atoms with Crippen LogP contribution < -0.4 is 0 Å². The van der Waals surface area contributed by atoms with Crippen LogP contribution in [0.1, 0.15) is 40.5 Å². The van der Waals surface area contributed by atoms with Crippen LogP contribution in [0.3, 0.4) is 0 Å². The lowest BCUT2D eigenvalue weighted by Gasteiger charge is -2.48. The maximum absolute atomic E-state index is 13.1. The van der Waals surface area contributed by atoms with Crippen LogP contribution in [-0.2, 0) is 19.1 Å². The molecule has 2 saturated carbocycles. The summed E-state index contributed by atoms with van der Waals surface area (Å²) in [5.41, 5.74) is -1.09. The summed E-state index contributed by atoms with van der Waals surface area (Å²) in [5, 5.41) is 0. The molecule has 4 aliphatic rings. The largest absolute Gasteiger partial charge is 0.459 e. The minimum atomic E-state index is -0.517. The summed E-state index contributed by atoms with van der Waals surface area (Å²) in [4.78, 5) is 24.8. The molecule has 0 spiro atoms. The average Bonchev–Trinajstić information content (AvgIpc) is 2.92. The van der Waals surface area contributed by atoms with E-state index >= 15 is 0 Å². The van der Waals surface area contributed by atoms with Gasteiger partial charge >= 0.3 is 5.97 Å². The van der Waals surface area contributed by atoms with Crippen LogP contribution in [0.2, 0.25) is 0 Å². The van der Waals surface area contributed by atoms with Gasteiger partial charge in [0.15, 0.2) is 0 Å². The Labute approximate surface area is 131 Å². The van der Waals surface area contributed by atoms with Gasteiger partial charge in [0.05, 0.1) is 12.0 Å². The highest BCUT2D eigenvalue weighted by Gasteiger charge is 2.76. The van der Waals surface area contributed by atoms with Crippen molar-refractivity contribution in [1.82, 2.24) is 0 Å². The molecule has 4 fully saturated rings. The van der Waals surface area contributed by atoms with Gasteiger partial charge in [0.25, 0.3) is 0 Å². The van der Waals surface area contributed by atoms with Crippen LogP contribution >= 0.6 is 0 Å². The molecule has 0 aromatic rings. The topological polar surface area (TPSA) is 52.6 Å². The molecule has 0 radical (unpaired) electrons. The molecule has 120 valence electrons. The van der Waals surface area contributed by atoms with Crippen molar-refractivity contribution in [3.05, 3.63) is 12.7 Å². The fourth-order valence-electron chi connectivity index (χ4n) is 6.44. The first-order valence-electron chi connectivity index (χ1n) is 8.20. The zero-order valence-corrected chi connectivity index (χ0v) is 13.7. The van der Waals surface area contributed by atoms with Crippen LogP contribution in [0.4, 0.5) is 0 Å². The number of allylic oxidation sites excluding steroid dienone is 1. The number of hydrogen-bond acceptors (Lipinski definition) is 4. The predicted molar refractivity (Wildman–Crippen MR) is 80.0 cm³/mol. The van der Waals surface area contributed by atoms with Crippen LogP contribution in [0.5, 0.6) is 0 Å². The van der Waals surface area contributed by atoms with Gasteiger partial charge in [-0.05, 0) is 24.7 Å². The molecule has 2 heterocycles. The Hall–Kier alpha value is -1.16. The summed E-state index contributed by atoms with van der Waals surface area (Å²) in [6.07, 6.45) is 2.65. The number of fused-ring (bicyclic) bond motifs is 7. The fourth-order valence-corrected chi connectivity index (χ4v) is 6.44. The van der Waals surface area contributed by atoms with Gasteiger partial charge in [-0.25, -0.2) is 0 Å². The molecule has 0 amide bonds. The number of rotatable bonds is 1. The van der Waals surface area contributed by atoms with E-state index in [0.717, 1.165) is 6.42 Å². The van der Waals surface area contributed by atoms with E-state index < -0.39 is 11.0 Å². The van der Waals surface area contributed by atoms with Gasteiger partial charge in [0.2, 0.25) is 0 Å². The highest BCUT2D eigenvalue weighted by molar-refractivity contribution is 5.90. The van der Waals surface area contributed by atoms with Crippen molar-refractivity contribution in [2.75, 3.05) is 0 Å². The van der Waals surface area contributed by atoms with Crippen molar-refractivity contribution in [2.45, 2.75) is 58.3 Å². The molecule has 4 heteroatoms. The quantitative estimate of drug-likeness (QED) is 0.552. The summed E-state index contributed by atoms with van der Waals surface area (Å²) in [6, 6.07) is 0. The number of Topliss-reactive ketones (excluding diaryl/α,β-unsaturated/α-hetero) is 1. The molecular formula is C18H24O4. The Bertz CT molecular complexity index is 594. The summed E-state index contributed by atoms with van der Waals surface area (Å²) >= 11 is 0. The van der Waals surface area contributed by atoms with E-state index in [9.17, 15) is 9.59 Å². The van der Waals surface area contributed by atoms with E-state index in [2.05, 4.69) is 20.4 Å². The van der Waals surface area contributed by atoms with E-state index in [4.69, 9.17) is 9.47 Å². The maximum Gasteiger partial charge on any atom is 0.308 e. The number of esters is 1. The number of carbonyl (C=O) groups is 2. The second-order valence-corrected chi connectivity index (χ2v) is 8.54. The molecule has 0 N–H and O–H groups in total. The van der Waals surface area contributed by atoms with Crippen molar-refractivity contribution in [2.24, 2.45) is 28.6 Å². The van der Waals surface area contributed by atoms with Crippen molar-refractivity contribution in [3.63, 3.8) is 0 Å². The smallest absolute Gasteiger partial charge is 0.308 e. The Kier molecular flexibility index (Phi) is 2.52. The SMILES string of the molecule is C=CC1C(C)(C)C(=O)C2CC1(C)C1[C@H]3OC(=O)C[C@H]3OC21C. The first kappa shape index (κ1) is 14.4. The van der Waals surface area contributed by atoms with Crippen LogP contribution in [-0.4, -0.2) is 29.6 Å². The Morgan fingerprint density at radius 3 is 2.55 bits per heavy atom. The zero-order valence-electron chi connectivity index (χ0n) is 13.7. The number of ketones is 1. The van der Waals surface area contributed by atoms with Crippen molar-refractivity contribution < 1.29 is 19.1 Å². The maximum atomic E-state index is 13.1. The normalized spacial score (nSPS) is 54.8. The number of carbonyl (C=O) groups excluding carboxylic acids is 2. The minimum absolute atomic E-state index is 0.0650. The van der Waals surface area contributed by atoms with Gasteiger partial charge < -0.3 is 9.47 Å². The molecule has 7 atom stereocenters. The van der Waals surface area contributed by atoms with Crippen LogP contribution in [0.25, 0.3) is 0 Å². The van der Waals surface area contributed by atoms with Crippen molar-refractivity contribution in [1.29, 1.82) is 0 Å². The Balaban J connectivity index is 1.88. The van der Waals surface area contributed by atoms with Gasteiger partial charge in [0.1, 0.15) is 18.0 Å². The molecule has 2 aliphatic carbocycles. The lowest BCUT2D eigenvalue weighted by molar-refractivity contribution is -0.148. The fraction of sp³-hybridized carbons (Fsp3) is 0.778. The predicted octanol–water partition coefficient (Wildman–Crippen LogP) is 2.51. The summed E-state index contributed by atoms with van der Waals surface area (Å²) in [6.45, 7) is 12.3. The average molecular weight is 304 g/mol. The van der Waals surface area contributed by atoms with E-state index in [1.165, 1.54) is 0 Å². The first-order chi connectivity index (χ1) is 10.2. The first-order valence-corrected chi connectivity index (χ1v) is 8.20. The number of hydrogen-bond donors (Lipinski definition) is 0. The summed E-state index contributed by atoms with van der Waals surface area (Å²) in [7, 11) is 0. The van der Waals surface area contributed by atoms with Gasteiger partial charge in [-0.2, -0.15) is 0 Å². The van der Waals surface area contributed by atoms with Gasteiger partial charge in [-0.1, -0.05) is 26.8 Å². The highest BCUT2D eigenvalue weighted by Crippen LogP contribution is 2.70. The highest BCUT2D eigenvalue weighted by atomic mass is 16.6. The molecule has 4 rings (SSSR count). The molecule has 5 unspecified atom stereocenters. The summed E-state index contributed by atoms with van der Waals surface area (Å²) < 4.78 is 11.9. The number of ether oxygens (including phenoxy) is 2. The van der Waals surface area contributed by atoms with Gasteiger partial charge in [0, 0.05) is 17.3 Å². The van der Waals surface area contributed by atoms with Crippen molar-refractivity contribution in [3.8, 4) is 0 Å². The van der Waals surface area contributed by atoms with Crippen molar-refractivity contribution >= 4 is 11.8 Å². The third kappa shape index (κ3) is 1.34. The minimum Gasteiger partial charge on any atom is -0.459 e. The molecule has 2 bridgehead atoms.